The first-order chi connectivity index (χ1) is 14.0. The Hall–Kier alpha value is -2.68. The molecule has 2 aromatic rings. The molecule has 2 fully saturated rings. The fourth-order valence-electron chi connectivity index (χ4n) is 5.06. The Labute approximate surface area is 170 Å². The number of fused-ring (bicyclic) bond motifs is 3. The lowest BCUT2D eigenvalue weighted by molar-refractivity contribution is -0.242. The van der Waals surface area contributed by atoms with Crippen molar-refractivity contribution in [2.24, 2.45) is 5.41 Å². The van der Waals surface area contributed by atoms with Crippen LogP contribution in [0.25, 0.3) is 11.8 Å². The molecule has 29 heavy (non-hydrogen) atoms. The number of terminal acetylenes is 1. The molecule has 0 N–H and O–H groups in total. The normalized spacial score (nSPS) is 32.9. The van der Waals surface area contributed by atoms with Gasteiger partial charge in [-0.25, -0.2) is 9.07 Å². The standard InChI is InChI=1S/C24H23FN2O2/c1-4-21-22(5-2)29-24(28-21)12-6-7-17-13-20-16(14-23(17,24)3)15-26-27(20)19-10-8-18(25)9-11-19/h1,5,8-11,13,15,21-22H,2,6-7,12,14H2,3H3/t21-,22-,23+,24?/m1/s1. The zero-order valence-electron chi connectivity index (χ0n) is 16.4. The highest BCUT2D eigenvalue weighted by molar-refractivity contribution is 5.62. The fourth-order valence-corrected chi connectivity index (χ4v) is 5.06. The quantitative estimate of drug-likeness (QED) is 0.562. The van der Waals surface area contributed by atoms with Crippen molar-refractivity contribution in [1.29, 1.82) is 0 Å². The lowest BCUT2D eigenvalue weighted by atomic mass is 9.62. The van der Waals surface area contributed by atoms with Crippen molar-refractivity contribution in [3.63, 3.8) is 0 Å². The fraction of sp³-hybridized carbons (Fsp3) is 0.375. The van der Waals surface area contributed by atoms with Crippen molar-refractivity contribution in [3.05, 3.63) is 65.8 Å². The molecule has 1 aromatic carbocycles. The third-order valence-electron chi connectivity index (χ3n) is 6.65. The minimum absolute atomic E-state index is 0.259. The van der Waals surface area contributed by atoms with E-state index in [0.29, 0.717) is 0 Å². The second-order valence-electron chi connectivity index (χ2n) is 8.25. The van der Waals surface area contributed by atoms with Crippen LogP contribution >= 0.6 is 0 Å². The number of ether oxygens (including phenoxy) is 2. The molecule has 5 rings (SSSR count). The van der Waals surface area contributed by atoms with E-state index in [2.05, 4.69) is 30.6 Å². The second-order valence-corrected chi connectivity index (χ2v) is 8.25. The minimum Gasteiger partial charge on any atom is -0.338 e. The number of halogens is 1. The molecule has 3 aliphatic rings. The summed E-state index contributed by atoms with van der Waals surface area (Å²) in [5.74, 6) is 1.69. The van der Waals surface area contributed by atoms with Gasteiger partial charge in [-0.3, -0.25) is 0 Å². The highest BCUT2D eigenvalue weighted by Crippen LogP contribution is 2.58. The number of benzene rings is 1. The molecule has 2 heterocycles. The van der Waals surface area contributed by atoms with E-state index in [4.69, 9.17) is 15.9 Å². The first kappa shape index (κ1) is 18.4. The summed E-state index contributed by atoms with van der Waals surface area (Å²) >= 11 is 0. The molecular weight excluding hydrogens is 367 g/mol. The van der Waals surface area contributed by atoms with Gasteiger partial charge in [0.25, 0.3) is 0 Å². The van der Waals surface area contributed by atoms with Gasteiger partial charge in [0.1, 0.15) is 11.9 Å². The molecule has 1 saturated heterocycles. The first-order valence-corrected chi connectivity index (χ1v) is 9.98. The SMILES string of the molecule is C#C[C@H]1OC2(CCCC3=Cc4c(cnn4-c4ccc(F)cc4)C[C@@]32C)O[C@@H]1C=C. The lowest BCUT2D eigenvalue weighted by Gasteiger charge is -2.51. The molecule has 148 valence electrons. The number of rotatable bonds is 2. The highest BCUT2D eigenvalue weighted by Gasteiger charge is 2.61. The first-order valence-electron chi connectivity index (χ1n) is 9.98. The second kappa shape index (κ2) is 6.41. The molecule has 1 unspecified atom stereocenters. The predicted octanol–water partition coefficient (Wildman–Crippen LogP) is 4.44. The number of aromatic nitrogens is 2. The van der Waals surface area contributed by atoms with Crippen LogP contribution in [0.2, 0.25) is 0 Å². The summed E-state index contributed by atoms with van der Waals surface area (Å²) in [4.78, 5) is 0. The summed E-state index contributed by atoms with van der Waals surface area (Å²) in [6.45, 7) is 6.07. The van der Waals surface area contributed by atoms with Crippen LogP contribution in [0.3, 0.4) is 0 Å². The van der Waals surface area contributed by atoms with Crippen LogP contribution in [0.1, 0.15) is 37.4 Å². The molecule has 4 nitrogen and oxygen atoms in total. The third-order valence-corrected chi connectivity index (χ3v) is 6.65. The van der Waals surface area contributed by atoms with Gasteiger partial charge in [-0.05, 0) is 55.2 Å². The summed E-state index contributed by atoms with van der Waals surface area (Å²) in [5, 5.41) is 4.58. The van der Waals surface area contributed by atoms with Crippen LogP contribution < -0.4 is 0 Å². The molecule has 0 radical (unpaired) electrons. The van der Waals surface area contributed by atoms with E-state index in [0.717, 1.165) is 42.6 Å². The topological polar surface area (TPSA) is 36.3 Å². The van der Waals surface area contributed by atoms with E-state index < -0.39 is 11.9 Å². The molecular formula is C24H23FN2O2. The lowest BCUT2D eigenvalue weighted by Crippen LogP contribution is -2.53. The van der Waals surface area contributed by atoms with Gasteiger partial charge in [0.15, 0.2) is 11.9 Å². The zero-order chi connectivity index (χ0) is 20.2. The molecule has 0 amide bonds. The van der Waals surface area contributed by atoms with E-state index >= 15 is 0 Å². The van der Waals surface area contributed by atoms with Gasteiger partial charge in [-0.15, -0.1) is 13.0 Å². The van der Waals surface area contributed by atoms with Crippen LogP contribution in [0, 0.1) is 23.6 Å². The Morgan fingerprint density at radius 3 is 2.83 bits per heavy atom. The van der Waals surface area contributed by atoms with E-state index in [-0.39, 0.29) is 17.3 Å². The Balaban J connectivity index is 1.57. The Kier molecular flexibility index (Phi) is 4.06. The molecule has 1 aliphatic heterocycles. The monoisotopic (exact) mass is 390 g/mol. The Bertz CT molecular complexity index is 1050. The maximum atomic E-state index is 13.3. The van der Waals surface area contributed by atoms with Crippen molar-refractivity contribution in [3.8, 4) is 18.0 Å². The van der Waals surface area contributed by atoms with Gasteiger partial charge >= 0.3 is 0 Å². The third kappa shape index (κ3) is 2.56. The highest BCUT2D eigenvalue weighted by atomic mass is 19.1. The van der Waals surface area contributed by atoms with E-state index in [1.54, 1.807) is 18.2 Å². The molecule has 1 aromatic heterocycles. The van der Waals surface area contributed by atoms with Gasteiger partial charge in [0.2, 0.25) is 0 Å². The average molecular weight is 390 g/mol. The molecule has 4 atom stereocenters. The predicted molar refractivity (Wildman–Crippen MR) is 109 cm³/mol. The maximum Gasteiger partial charge on any atom is 0.180 e. The largest absolute Gasteiger partial charge is 0.338 e. The average Bonchev–Trinajstić information content (AvgIpc) is 3.29. The van der Waals surface area contributed by atoms with Gasteiger partial charge in [-0.1, -0.05) is 24.5 Å². The van der Waals surface area contributed by atoms with Crippen molar-refractivity contribution in [1.82, 2.24) is 9.78 Å². The minimum atomic E-state index is -0.761. The molecule has 1 saturated carbocycles. The summed E-state index contributed by atoms with van der Waals surface area (Å²) in [6, 6.07) is 6.39. The number of hydrogen-bond acceptors (Lipinski definition) is 3. The van der Waals surface area contributed by atoms with Crippen molar-refractivity contribution in [2.45, 2.75) is 50.6 Å². The summed E-state index contributed by atoms with van der Waals surface area (Å²) in [5.41, 5.74) is 3.94. The van der Waals surface area contributed by atoms with E-state index in [9.17, 15) is 4.39 Å². The summed E-state index contributed by atoms with van der Waals surface area (Å²) in [7, 11) is 0. The van der Waals surface area contributed by atoms with Crippen LogP contribution in [-0.4, -0.2) is 27.8 Å². The molecule has 0 bridgehead atoms. The van der Waals surface area contributed by atoms with E-state index in [1.807, 2.05) is 10.9 Å². The molecule has 2 aliphatic carbocycles. The Morgan fingerprint density at radius 1 is 1.34 bits per heavy atom. The van der Waals surface area contributed by atoms with Crippen molar-refractivity contribution in [2.75, 3.05) is 0 Å². The van der Waals surface area contributed by atoms with Gasteiger partial charge in [0.05, 0.1) is 17.6 Å². The maximum absolute atomic E-state index is 13.3. The Morgan fingerprint density at radius 2 is 2.14 bits per heavy atom. The van der Waals surface area contributed by atoms with Crippen LogP contribution in [0.5, 0.6) is 0 Å². The summed E-state index contributed by atoms with van der Waals surface area (Å²) in [6.07, 6.45) is 14.3. The van der Waals surface area contributed by atoms with Gasteiger partial charge in [-0.2, -0.15) is 5.10 Å². The van der Waals surface area contributed by atoms with Gasteiger partial charge in [0, 0.05) is 11.8 Å². The van der Waals surface area contributed by atoms with Crippen LogP contribution in [0.4, 0.5) is 4.39 Å². The smallest absolute Gasteiger partial charge is 0.180 e. The van der Waals surface area contributed by atoms with Gasteiger partial charge < -0.3 is 9.47 Å². The number of hydrogen-bond donors (Lipinski definition) is 0. The zero-order valence-corrected chi connectivity index (χ0v) is 16.4. The summed E-state index contributed by atoms with van der Waals surface area (Å²) < 4.78 is 28.0. The molecule has 5 heteroatoms. The van der Waals surface area contributed by atoms with Crippen molar-refractivity contribution < 1.29 is 13.9 Å². The number of nitrogens with zero attached hydrogens (tertiary/aromatic N) is 2. The van der Waals surface area contributed by atoms with Crippen LogP contribution in [0.15, 0.2) is 48.7 Å². The van der Waals surface area contributed by atoms with Crippen LogP contribution in [-0.2, 0) is 15.9 Å². The van der Waals surface area contributed by atoms with E-state index in [1.165, 1.54) is 17.7 Å². The van der Waals surface area contributed by atoms with Crippen molar-refractivity contribution >= 4 is 6.08 Å². The molecule has 1 spiro atoms.